The quantitative estimate of drug-likeness (QED) is 0.0176. The lowest BCUT2D eigenvalue weighted by Gasteiger charge is -2.25. The molecule has 0 amide bonds. The van der Waals surface area contributed by atoms with Gasteiger partial charge in [0.05, 0.1) is 70.3 Å². The molecule has 0 aliphatic rings. The molecule has 0 aliphatic heterocycles. The number of halogens is 7. The van der Waals surface area contributed by atoms with Gasteiger partial charge >= 0.3 is 24.0 Å². The number of hydrogen-bond acceptors (Lipinski definition) is 7. The minimum Gasteiger partial charge on any atom is -0.493 e. The van der Waals surface area contributed by atoms with Crippen molar-refractivity contribution in [2.24, 2.45) is 0 Å². The first-order chi connectivity index (χ1) is 54.2. The van der Waals surface area contributed by atoms with Gasteiger partial charge in [-0.3, -0.25) is 4.79 Å². The van der Waals surface area contributed by atoms with Gasteiger partial charge in [-0.2, -0.15) is 22.0 Å². The van der Waals surface area contributed by atoms with E-state index in [9.17, 15) is 40.3 Å². The maximum absolute atomic E-state index is 13.8. The largest absolute Gasteiger partial charge is 0.493 e. The minimum atomic E-state index is -6.01. The number of carbonyl (C=O) groups excluding carboxylic acids is 2. The molecule has 0 spiro atoms. The Bertz CT molecular complexity index is 4740. The molecule has 12 rings (SSSR count). The molecule has 0 bridgehead atoms. The van der Waals surface area contributed by atoms with Crippen LogP contribution in [-0.2, 0) is 57.9 Å². The number of esters is 2. The van der Waals surface area contributed by atoms with Crippen molar-refractivity contribution < 1.29 is 64.0 Å². The summed E-state index contributed by atoms with van der Waals surface area (Å²) >= 11 is 0. The fourth-order valence-corrected chi connectivity index (χ4v) is 21.6. The van der Waals surface area contributed by atoms with Gasteiger partial charge in [0.2, 0.25) is 0 Å². The lowest BCUT2D eigenvalue weighted by Crippen LogP contribution is -2.41. The van der Waals surface area contributed by atoms with Gasteiger partial charge in [0.1, 0.15) is 23.0 Å². The van der Waals surface area contributed by atoms with Crippen molar-refractivity contribution in [3.63, 3.8) is 0 Å². The van der Waals surface area contributed by atoms with Crippen molar-refractivity contribution in [1.82, 2.24) is 0 Å². The summed E-state index contributed by atoms with van der Waals surface area (Å²) in [6.45, 7) is 20.2. The van der Waals surface area contributed by atoms with Gasteiger partial charge in [-0.15, -0.1) is 0 Å². The molecular formula is C95H95F7O7S4+4. The second-order valence-electron chi connectivity index (χ2n) is 26.6. The van der Waals surface area contributed by atoms with E-state index in [-0.39, 0.29) is 64.3 Å². The van der Waals surface area contributed by atoms with Crippen LogP contribution in [0.25, 0.3) is 0 Å². The van der Waals surface area contributed by atoms with Crippen molar-refractivity contribution in [2.45, 2.75) is 172 Å². The molecule has 18 heteroatoms. The van der Waals surface area contributed by atoms with Crippen LogP contribution < -0.4 is 18.9 Å². The van der Waals surface area contributed by atoms with Gasteiger partial charge in [-0.1, -0.05) is 153 Å². The molecule has 586 valence electrons. The number of ether oxygens (including phenoxy) is 5. The fourth-order valence-electron chi connectivity index (χ4n) is 12.6. The van der Waals surface area contributed by atoms with E-state index < -0.39 is 41.8 Å². The standard InChI is InChI=1S/C27H26F7OS.C23H23O3S.C23H23O2S.C22H23OS/c1-19-16-23(36(21-10-5-3-6-11-21)22-12-7-4-8-13-22)17-20(2)24(19)35-15-9-14-25(28,29)18-26(30,31)27(32,33)34;1-17-14-21(15-18(2)23(17)26-16-22(24)25-3)27(19-10-6-4-7-11-19)20-12-8-5-9-13-20;1-4-22(24)25-23-17(2)15-21(16-18(23)3)26(19-11-7-5-8-12-19)20-13-9-6-10-14-20;1-4-23-22-17(2)15-21(16-18(22)3)24(19-11-7-5-8-12-19)20-13-9-6-10-14-20/h3-8,10-13,16-17H,9,14-15,18H2,1-2H3;4-15H,16H2,1-3H3;5-16H,4H2,1-3H3;5-16H,4H2,1-3H3/q4*+1. The number of carbonyl (C=O) groups is 2. The van der Waals surface area contributed by atoms with Gasteiger partial charge < -0.3 is 23.7 Å². The third kappa shape index (κ3) is 24.2. The monoisotopic (exact) mass is 1610 g/mol. The third-order valence-corrected chi connectivity index (χ3v) is 26.5. The van der Waals surface area contributed by atoms with Crippen molar-refractivity contribution >= 4 is 55.5 Å². The molecule has 0 radical (unpaired) electrons. The molecule has 0 heterocycles. The van der Waals surface area contributed by atoms with Crippen LogP contribution in [0.2, 0.25) is 0 Å². The Hall–Kier alpha value is -10.1. The number of hydrogen-bond donors (Lipinski definition) is 0. The van der Waals surface area contributed by atoms with Crippen LogP contribution in [-0.4, -0.2) is 56.9 Å². The molecule has 12 aromatic rings. The number of alkyl halides is 7. The van der Waals surface area contributed by atoms with Crippen LogP contribution in [0.4, 0.5) is 30.7 Å². The first kappa shape index (κ1) is 86.9. The van der Waals surface area contributed by atoms with E-state index in [1.165, 1.54) is 62.3 Å². The summed E-state index contributed by atoms with van der Waals surface area (Å²) in [5, 5.41) is 0. The predicted molar refractivity (Wildman–Crippen MR) is 444 cm³/mol. The molecule has 0 atom stereocenters. The number of methoxy groups -OCH3 is 1. The molecule has 12 aromatic carbocycles. The maximum Gasteiger partial charge on any atom is 0.453 e. The SMILES string of the molecule is CCC(=O)Oc1c(C)cc([S+](c2ccccc2)c2ccccc2)cc1C.CCOc1c(C)cc([S+](c2ccccc2)c2ccccc2)cc1C.COC(=O)COc1c(C)cc([S+](c2ccccc2)c2ccccc2)cc1C.Cc1cc([S+](c2ccccc2)c2ccccc2)cc(C)c1OCCCC(F)(F)CC(F)(F)C(F)(F)F. The van der Waals surface area contributed by atoms with E-state index in [0.29, 0.717) is 24.5 Å². The summed E-state index contributed by atoms with van der Waals surface area (Å²) < 4.78 is 118. The van der Waals surface area contributed by atoms with E-state index in [0.717, 1.165) is 59.6 Å². The zero-order chi connectivity index (χ0) is 81.2. The van der Waals surface area contributed by atoms with E-state index in [4.69, 9.17) is 18.9 Å². The molecule has 0 N–H and O–H groups in total. The fraction of sp³-hybridized carbons (Fsp3) is 0.221. The summed E-state index contributed by atoms with van der Waals surface area (Å²) in [5.74, 6) is -7.27. The van der Waals surface area contributed by atoms with E-state index in [2.05, 4.69) is 213 Å². The van der Waals surface area contributed by atoms with Crippen molar-refractivity contribution in [1.29, 1.82) is 0 Å². The first-order valence-electron chi connectivity index (χ1n) is 37.0. The highest BCUT2D eigenvalue weighted by molar-refractivity contribution is 7.98. The molecule has 0 aliphatic carbocycles. The molecule has 7 nitrogen and oxygen atoms in total. The molecule has 0 aromatic heterocycles. The average Bonchev–Trinajstić information content (AvgIpc) is 0.810. The highest BCUT2D eigenvalue weighted by Gasteiger charge is 2.61. The van der Waals surface area contributed by atoms with Gasteiger partial charge in [0.25, 0.3) is 5.92 Å². The first-order valence-corrected chi connectivity index (χ1v) is 41.9. The summed E-state index contributed by atoms with van der Waals surface area (Å²) in [4.78, 5) is 38.0. The third-order valence-electron chi connectivity index (χ3n) is 17.7. The lowest BCUT2D eigenvalue weighted by molar-refractivity contribution is -0.301. The zero-order valence-corrected chi connectivity index (χ0v) is 68.6. The van der Waals surface area contributed by atoms with Gasteiger partial charge in [-0.05, 0) is 210 Å². The summed E-state index contributed by atoms with van der Waals surface area (Å²) in [6, 6.07) is 101. The lowest BCUT2D eigenvalue weighted by atomic mass is 10.0. The molecule has 113 heavy (non-hydrogen) atoms. The Morgan fingerprint density at radius 3 is 0.788 bits per heavy atom. The highest BCUT2D eigenvalue weighted by atomic mass is 32.2. The Balaban J connectivity index is 0.000000175. The molecule has 0 unspecified atom stereocenters. The second kappa shape index (κ2) is 41.6. The number of rotatable bonds is 26. The Kier molecular flexibility index (Phi) is 32.0. The van der Waals surface area contributed by atoms with Crippen LogP contribution in [0.1, 0.15) is 84.0 Å². The summed E-state index contributed by atoms with van der Waals surface area (Å²) in [5.41, 5.74) is 7.95. The Morgan fingerprint density at radius 1 is 0.319 bits per heavy atom. The predicted octanol–water partition coefficient (Wildman–Crippen LogP) is 25.2. The van der Waals surface area contributed by atoms with Gasteiger partial charge in [0, 0.05) is 61.4 Å². The normalized spacial score (nSPS) is 11.4. The molecular weight excluding hydrogens is 1510 g/mol. The van der Waals surface area contributed by atoms with E-state index in [1.807, 2.05) is 152 Å². The van der Waals surface area contributed by atoms with E-state index >= 15 is 0 Å². The number of benzene rings is 12. The second-order valence-corrected chi connectivity index (χ2v) is 34.7. The zero-order valence-electron chi connectivity index (χ0n) is 65.3. The van der Waals surface area contributed by atoms with E-state index in [1.54, 1.807) is 0 Å². The van der Waals surface area contributed by atoms with Crippen LogP contribution in [0, 0.1) is 55.4 Å². The Labute approximate surface area is 672 Å². The maximum atomic E-state index is 13.8. The van der Waals surface area contributed by atoms with Gasteiger partial charge in [-0.25, -0.2) is 13.6 Å². The van der Waals surface area contributed by atoms with Gasteiger partial charge in [0.15, 0.2) is 65.4 Å². The Morgan fingerprint density at radius 2 is 0.558 bits per heavy atom. The van der Waals surface area contributed by atoms with Crippen LogP contribution >= 0.6 is 0 Å². The molecule has 0 saturated carbocycles. The van der Waals surface area contributed by atoms with Crippen molar-refractivity contribution in [3.8, 4) is 23.0 Å². The van der Waals surface area contributed by atoms with Crippen LogP contribution in [0.5, 0.6) is 23.0 Å². The highest BCUT2D eigenvalue weighted by Crippen LogP contribution is 2.45. The van der Waals surface area contributed by atoms with Crippen molar-refractivity contribution in [2.75, 3.05) is 26.9 Å². The van der Waals surface area contributed by atoms with Crippen LogP contribution in [0.15, 0.2) is 350 Å². The molecule has 0 fully saturated rings. The number of aryl methyl sites for hydroxylation is 8. The van der Waals surface area contributed by atoms with Crippen LogP contribution in [0.3, 0.4) is 0 Å². The van der Waals surface area contributed by atoms with Crippen molar-refractivity contribution in [3.05, 3.63) is 336 Å². The summed E-state index contributed by atoms with van der Waals surface area (Å²) in [7, 11) is 0.457. The topological polar surface area (TPSA) is 80.3 Å². The molecule has 0 saturated heterocycles. The average molecular weight is 1610 g/mol. The smallest absolute Gasteiger partial charge is 0.453 e. The summed E-state index contributed by atoms with van der Waals surface area (Å²) in [6.07, 6.45) is -9.72. The minimum absolute atomic E-state index is 0.0827.